The molecule has 0 aliphatic carbocycles. The van der Waals surface area contributed by atoms with Crippen molar-refractivity contribution < 1.29 is 19.0 Å². The van der Waals surface area contributed by atoms with Crippen LogP contribution in [-0.2, 0) is 0 Å². The summed E-state index contributed by atoms with van der Waals surface area (Å²) < 4.78 is 16.1. The number of amides is 1. The predicted octanol–water partition coefficient (Wildman–Crippen LogP) is 2.19. The number of hydrogen-bond donors (Lipinski definition) is 0. The van der Waals surface area contributed by atoms with Crippen molar-refractivity contribution in [1.82, 2.24) is 9.88 Å². The number of aromatic nitrogens is 1. The number of benzene rings is 1. The highest BCUT2D eigenvalue weighted by Gasteiger charge is 2.19. The van der Waals surface area contributed by atoms with Gasteiger partial charge in [-0.05, 0) is 18.2 Å². The summed E-state index contributed by atoms with van der Waals surface area (Å²) in [5.41, 5.74) is 2.02. The normalized spacial score (nSPS) is 12.1. The highest BCUT2D eigenvalue weighted by atomic mass is 16.7. The van der Waals surface area contributed by atoms with Gasteiger partial charge in [0.25, 0.3) is 5.91 Å². The molecule has 0 saturated carbocycles. The molecule has 0 fully saturated rings. The van der Waals surface area contributed by atoms with Crippen molar-refractivity contribution in [1.29, 1.82) is 0 Å². The van der Waals surface area contributed by atoms with Crippen molar-refractivity contribution in [3.63, 3.8) is 0 Å². The van der Waals surface area contributed by atoms with Crippen LogP contribution < -0.4 is 14.2 Å². The average molecular weight is 300 g/mol. The molecule has 0 saturated heterocycles. The fraction of sp³-hybridized carbons (Fsp3) is 0.250. The van der Waals surface area contributed by atoms with E-state index >= 15 is 0 Å². The number of rotatable bonds is 3. The summed E-state index contributed by atoms with van der Waals surface area (Å²) in [6, 6.07) is 7.14. The Labute approximate surface area is 128 Å². The van der Waals surface area contributed by atoms with Crippen LogP contribution in [0.25, 0.3) is 11.3 Å². The Hall–Kier alpha value is -2.76. The third-order valence-electron chi connectivity index (χ3n) is 3.39. The SMILES string of the molecule is COc1cc2c(cc1-c1ccc(C(=O)N(C)C)cn1)OCO2. The van der Waals surface area contributed by atoms with Crippen LogP contribution in [0.1, 0.15) is 10.4 Å². The van der Waals surface area contributed by atoms with Crippen LogP contribution in [0.15, 0.2) is 30.5 Å². The highest BCUT2D eigenvalue weighted by molar-refractivity contribution is 5.93. The van der Waals surface area contributed by atoms with Crippen molar-refractivity contribution in [2.24, 2.45) is 0 Å². The first kappa shape index (κ1) is 14.2. The molecule has 3 rings (SSSR count). The number of hydrogen-bond acceptors (Lipinski definition) is 5. The molecule has 1 amide bonds. The number of pyridine rings is 1. The Morgan fingerprint density at radius 2 is 1.95 bits per heavy atom. The van der Waals surface area contributed by atoms with E-state index in [0.29, 0.717) is 28.5 Å². The molecule has 0 unspecified atom stereocenters. The van der Waals surface area contributed by atoms with Crippen LogP contribution in [0, 0.1) is 0 Å². The second-order valence-electron chi connectivity index (χ2n) is 5.04. The van der Waals surface area contributed by atoms with Crippen LogP contribution in [-0.4, -0.2) is 43.8 Å². The number of fused-ring (bicyclic) bond motifs is 1. The Bertz CT molecular complexity index is 711. The molecule has 114 valence electrons. The second kappa shape index (κ2) is 5.55. The summed E-state index contributed by atoms with van der Waals surface area (Å²) in [6.45, 7) is 0.200. The fourth-order valence-electron chi connectivity index (χ4n) is 2.23. The van der Waals surface area contributed by atoms with Crippen molar-refractivity contribution in [3.05, 3.63) is 36.0 Å². The van der Waals surface area contributed by atoms with Gasteiger partial charge in [-0.2, -0.15) is 0 Å². The molecule has 1 aromatic carbocycles. The third kappa shape index (κ3) is 2.43. The van der Waals surface area contributed by atoms with E-state index in [1.807, 2.05) is 6.07 Å². The van der Waals surface area contributed by atoms with Crippen molar-refractivity contribution >= 4 is 5.91 Å². The first-order valence-electron chi connectivity index (χ1n) is 6.76. The lowest BCUT2D eigenvalue weighted by molar-refractivity contribution is 0.0827. The number of ether oxygens (including phenoxy) is 3. The molecule has 6 heteroatoms. The lowest BCUT2D eigenvalue weighted by Crippen LogP contribution is -2.21. The maximum atomic E-state index is 11.9. The largest absolute Gasteiger partial charge is 0.496 e. The molecular weight excluding hydrogens is 284 g/mol. The molecule has 0 spiro atoms. The number of methoxy groups -OCH3 is 1. The summed E-state index contributed by atoms with van der Waals surface area (Å²) in [5.74, 6) is 1.87. The van der Waals surface area contributed by atoms with Gasteiger partial charge in [-0.25, -0.2) is 0 Å². The van der Waals surface area contributed by atoms with Crippen LogP contribution in [0.3, 0.4) is 0 Å². The van der Waals surface area contributed by atoms with Crippen molar-refractivity contribution in [3.8, 4) is 28.5 Å². The first-order valence-corrected chi connectivity index (χ1v) is 6.76. The maximum Gasteiger partial charge on any atom is 0.254 e. The lowest BCUT2D eigenvalue weighted by atomic mass is 10.1. The molecule has 2 aromatic rings. The fourth-order valence-corrected chi connectivity index (χ4v) is 2.23. The molecule has 2 heterocycles. The van der Waals surface area contributed by atoms with Gasteiger partial charge in [0.2, 0.25) is 6.79 Å². The van der Waals surface area contributed by atoms with E-state index in [0.717, 1.165) is 5.56 Å². The highest BCUT2D eigenvalue weighted by Crippen LogP contribution is 2.41. The molecule has 0 bridgehead atoms. The predicted molar refractivity (Wildman–Crippen MR) is 80.4 cm³/mol. The van der Waals surface area contributed by atoms with E-state index in [9.17, 15) is 4.79 Å². The number of carbonyl (C=O) groups is 1. The van der Waals surface area contributed by atoms with Gasteiger partial charge < -0.3 is 19.1 Å². The average Bonchev–Trinajstić information content (AvgIpc) is 3.00. The zero-order valence-corrected chi connectivity index (χ0v) is 12.6. The van der Waals surface area contributed by atoms with E-state index in [1.165, 1.54) is 4.90 Å². The van der Waals surface area contributed by atoms with E-state index in [1.54, 1.807) is 45.6 Å². The molecule has 0 N–H and O–H groups in total. The van der Waals surface area contributed by atoms with Crippen molar-refractivity contribution in [2.75, 3.05) is 28.0 Å². The number of nitrogens with zero attached hydrogens (tertiary/aromatic N) is 2. The van der Waals surface area contributed by atoms with Gasteiger partial charge in [-0.3, -0.25) is 9.78 Å². The monoisotopic (exact) mass is 300 g/mol. The second-order valence-corrected chi connectivity index (χ2v) is 5.04. The molecule has 1 aliphatic rings. The summed E-state index contributed by atoms with van der Waals surface area (Å²) >= 11 is 0. The van der Waals surface area contributed by atoms with E-state index in [4.69, 9.17) is 14.2 Å². The van der Waals surface area contributed by atoms with Gasteiger partial charge in [0.05, 0.1) is 18.4 Å². The smallest absolute Gasteiger partial charge is 0.254 e. The van der Waals surface area contributed by atoms with Gasteiger partial charge in [0.15, 0.2) is 11.5 Å². The first-order chi connectivity index (χ1) is 10.6. The summed E-state index contributed by atoms with van der Waals surface area (Å²) in [5, 5.41) is 0. The summed E-state index contributed by atoms with van der Waals surface area (Å²) in [7, 11) is 5.00. The third-order valence-corrected chi connectivity index (χ3v) is 3.39. The quantitative estimate of drug-likeness (QED) is 0.869. The minimum absolute atomic E-state index is 0.0864. The Morgan fingerprint density at radius 3 is 2.55 bits per heavy atom. The molecule has 0 radical (unpaired) electrons. The standard InChI is InChI=1S/C16H16N2O4/c1-18(2)16(19)10-4-5-12(17-8-10)11-6-14-15(22-9-21-14)7-13(11)20-3/h4-8H,9H2,1-3H3. The Balaban J connectivity index is 1.99. The van der Waals surface area contributed by atoms with Gasteiger partial charge in [0.1, 0.15) is 5.75 Å². The number of carbonyl (C=O) groups excluding carboxylic acids is 1. The molecule has 1 aliphatic heterocycles. The maximum absolute atomic E-state index is 11.9. The van der Waals surface area contributed by atoms with Crippen LogP contribution in [0.2, 0.25) is 0 Å². The Kier molecular flexibility index (Phi) is 3.58. The van der Waals surface area contributed by atoms with Crippen LogP contribution in [0.5, 0.6) is 17.2 Å². The summed E-state index contributed by atoms with van der Waals surface area (Å²) in [4.78, 5) is 17.8. The van der Waals surface area contributed by atoms with Gasteiger partial charge in [-0.1, -0.05) is 0 Å². The molecular formula is C16H16N2O4. The van der Waals surface area contributed by atoms with Gasteiger partial charge in [0, 0.05) is 31.9 Å². The topological polar surface area (TPSA) is 60.9 Å². The minimum atomic E-state index is -0.0864. The van der Waals surface area contributed by atoms with Crippen LogP contribution in [0.4, 0.5) is 0 Å². The molecule has 22 heavy (non-hydrogen) atoms. The lowest BCUT2D eigenvalue weighted by Gasteiger charge is -2.12. The molecule has 0 atom stereocenters. The van der Waals surface area contributed by atoms with E-state index < -0.39 is 0 Å². The minimum Gasteiger partial charge on any atom is -0.496 e. The van der Waals surface area contributed by atoms with Gasteiger partial charge in [-0.15, -0.1) is 0 Å². The molecule has 1 aromatic heterocycles. The van der Waals surface area contributed by atoms with Gasteiger partial charge >= 0.3 is 0 Å². The van der Waals surface area contributed by atoms with Crippen molar-refractivity contribution in [2.45, 2.75) is 0 Å². The summed E-state index contributed by atoms with van der Waals surface area (Å²) in [6.07, 6.45) is 1.56. The Morgan fingerprint density at radius 1 is 1.23 bits per heavy atom. The molecule has 6 nitrogen and oxygen atoms in total. The zero-order chi connectivity index (χ0) is 15.7. The van der Waals surface area contributed by atoms with Crippen LogP contribution >= 0.6 is 0 Å². The zero-order valence-electron chi connectivity index (χ0n) is 12.6. The van der Waals surface area contributed by atoms with E-state index in [-0.39, 0.29) is 12.7 Å². The van der Waals surface area contributed by atoms with E-state index in [2.05, 4.69) is 4.98 Å².